The van der Waals surface area contributed by atoms with E-state index in [4.69, 9.17) is 22.3 Å². The average molecular weight is 432 g/mol. The normalized spacial score (nSPS) is 12.7. The molecule has 3 rings (SSSR count). The largest absolute Gasteiger partial charge is 0.397 e. The lowest BCUT2D eigenvalue weighted by Gasteiger charge is -2.26. The zero-order chi connectivity index (χ0) is 22.0. The predicted octanol–water partition coefficient (Wildman–Crippen LogP) is 4.64. The van der Waals surface area contributed by atoms with E-state index < -0.39 is 0 Å². The second-order valence-electron chi connectivity index (χ2n) is 7.98. The number of hydrogen-bond donors (Lipinski definition) is 4. The summed E-state index contributed by atoms with van der Waals surface area (Å²) in [7, 11) is 0. The molecule has 1 aromatic rings. The van der Waals surface area contributed by atoms with Crippen LogP contribution in [0, 0.1) is 0 Å². The van der Waals surface area contributed by atoms with Gasteiger partial charge in [-0.05, 0) is 44.4 Å². The quantitative estimate of drug-likeness (QED) is 0.384. The second kappa shape index (κ2) is 9.06. The van der Waals surface area contributed by atoms with Crippen LogP contribution in [-0.4, -0.2) is 37.5 Å². The van der Waals surface area contributed by atoms with Crippen molar-refractivity contribution in [1.29, 1.82) is 0 Å². The molecule has 0 saturated heterocycles. The van der Waals surface area contributed by atoms with Crippen molar-refractivity contribution in [3.05, 3.63) is 28.9 Å². The molecule has 1 aromatic carbocycles. The predicted molar refractivity (Wildman–Crippen MR) is 123 cm³/mol. The third-order valence-electron chi connectivity index (χ3n) is 5.00. The summed E-state index contributed by atoms with van der Waals surface area (Å²) in [6.45, 7) is 10.4. The van der Waals surface area contributed by atoms with Crippen LogP contribution in [0.3, 0.4) is 0 Å². The number of fused-ring (bicyclic) bond motifs is 1. The Balaban J connectivity index is 2.20. The summed E-state index contributed by atoms with van der Waals surface area (Å²) in [6, 6.07) is 5.33. The van der Waals surface area contributed by atoms with Gasteiger partial charge in [0.15, 0.2) is 11.5 Å². The molecule has 1 unspecified atom stereocenters. The van der Waals surface area contributed by atoms with Gasteiger partial charge in [0.1, 0.15) is 0 Å². The summed E-state index contributed by atoms with van der Waals surface area (Å²) in [5.41, 5.74) is 9.71. The molecular formula is C21H30ClN7O. The second-order valence-corrected chi connectivity index (χ2v) is 8.39. The van der Waals surface area contributed by atoms with Crippen molar-refractivity contribution in [3.8, 4) is 11.4 Å². The molecule has 0 spiro atoms. The molecule has 1 atom stereocenters. The lowest BCUT2D eigenvalue weighted by Crippen LogP contribution is -2.27. The van der Waals surface area contributed by atoms with Crippen molar-refractivity contribution in [1.82, 2.24) is 19.7 Å². The molecule has 162 valence electrons. The van der Waals surface area contributed by atoms with Crippen LogP contribution in [0.5, 0.6) is 0 Å². The van der Waals surface area contributed by atoms with Crippen LogP contribution < -0.4 is 16.4 Å². The van der Waals surface area contributed by atoms with E-state index in [-0.39, 0.29) is 24.6 Å². The zero-order valence-corrected chi connectivity index (χ0v) is 18.8. The smallest absolute Gasteiger partial charge is 0.205 e. The van der Waals surface area contributed by atoms with Crippen molar-refractivity contribution in [2.24, 2.45) is 0 Å². The molecule has 8 nitrogen and oxygen atoms in total. The van der Waals surface area contributed by atoms with E-state index in [1.54, 1.807) is 12.1 Å². The van der Waals surface area contributed by atoms with Gasteiger partial charge in [-0.15, -0.1) is 5.10 Å². The minimum atomic E-state index is -0.114. The maximum atomic E-state index is 9.73. The summed E-state index contributed by atoms with van der Waals surface area (Å²) in [5, 5.41) is 25.8. The van der Waals surface area contributed by atoms with Crippen LogP contribution in [0.25, 0.3) is 11.4 Å². The number of nitrogens with one attached hydrogen (secondary N) is 2. The molecule has 2 aliphatic heterocycles. The van der Waals surface area contributed by atoms with Gasteiger partial charge in [0.2, 0.25) is 5.95 Å². The van der Waals surface area contributed by atoms with Gasteiger partial charge in [0.05, 0.1) is 34.7 Å². The van der Waals surface area contributed by atoms with Gasteiger partial charge in [-0.2, -0.15) is 10.1 Å². The molecule has 2 aliphatic rings. The molecule has 9 heteroatoms. The van der Waals surface area contributed by atoms with E-state index in [2.05, 4.69) is 53.1 Å². The van der Waals surface area contributed by atoms with Crippen molar-refractivity contribution in [2.45, 2.75) is 59.0 Å². The molecular weight excluding hydrogens is 402 g/mol. The summed E-state index contributed by atoms with van der Waals surface area (Å²) >= 11 is 6.06. The van der Waals surface area contributed by atoms with Crippen LogP contribution in [0.15, 0.2) is 18.2 Å². The van der Waals surface area contributed by atoms with E-state index in [9.17, 15) is 5.11 Å². The van der Waals surface area contributed by atoms with Gasteiger partial charge in [-0.3, -0.25) is 0 Å². The Bertz CT molecular complexity index is 982. The molecule has 30 heavy (non-hydrogen) atoms. The fourth-order valence-electron chi connectivity index (χ4n) is 3.33. The fourth-order valence-corrected chi connectivity index (χ4v) is 3.45. The molecule has 0 fully saturated rings. The number of aromatic nitrogens is 4. The Kier molecular flexibility index (Phi) is 6.67. The molecule has 0 aromatic heterocycles. The first-order chi connectivity index (χ1) is 14.3. The van der Waals surface area contributed by atoms with Crippen molar-refractivity contribution < 1.29 is 5.11 Å². The first-order valence-electron chi connectivity index (χ1n) is 10.2. The van der Waals surface area contributed by atoms with Gasteiger partial charge in [0, 0.05) is 11.7 Å². The number of benzene rings is 1. The summed E-state index contributed by atoms with van der Waals surface area (Å²) < 4.78 is 2.10. The highest BCUT2D eigenvalue weighted by Crippen LogP contribution is 2.39. The maximum absolute atomic E-state index is 9.73. The first kappa shape index (κ1) is 22.1. The van der Waals surface area contributed by atoms with Gasteiger partial charge >= 0.3 is 0 Å². The fraction of sp³-hybridized carbons (Fsp3) is 0.476. The number of aliphatic hydroxyl groups excluding tert-OH is 1. The van der Waals surface area contributed by atoms with E-state index in [0.29, 0.717) is 28.2 Å². The molecule has 5 N–H and O–H groups in total. The van der Waals surface area contributed by atoms with E-state index in [0.717, 1.165) is 23.5 Å². The van der Waals surface area contributed by atoms with Gasteiger partial charge in [-0.25, -0.2) is 0 Å². The van der Waals surface area contributed by atoms with E-state index >= 15 is 0 Å². The average Bonchev–Trinajstić information content (AvgIpc) is 3.14. The van der Waals surface area contributed by atoms with Crippen molar-refractivity contribution in [2.75, 3.05) is 23.0 Å². The van der Waals surface area contributed by atoms with Crippen LogP contribution in [0.4, 0.5) is 23.1 Å². The lowest BCUT2D eigenvalue weighted by atomic mass is 10.1. The number of nitrogen functional groups attached to an aromatic ring is 1. The lowest BCUT2D eigenvalue weighted by molar-refractivity contribution is 0.271. The van der Waals surface area contributed by atoms with Crippen LogP contribution in [-0.2, 0) is 0 Å². The number of aliphatic hydroxyl groups is 1. The number of hydrogen-bond acceptors (Lipinski definition) is 7. The number of rotatable bonds is 8. The van der Waals surface area contributed by atoms with E-state index in [1.165, 1.54) is 0 Å². The molecule has 0 bridgehead atoms. The summed E-state index contributed by atoms with van der Waals surface area (Å²) in [5.74, 6) is 1.41. The highest BCUT2D eigenvalue weighted by Gasteiger charge is 2.28. The van der Waals surface area contributed by atoms with Crippen LogP contribution in [0.1, 0.15) is 58.7 Å². The van der Waals surface area contributed by atoms with Crippen LogP contribution in [0.2, 0.25) is 5.02 Å². The minimum absolute atomic E-state index is 0.0132. The highest BCUT2D eigenvalue weighted by molar-refractivity contribution is 6.33. The number of halogens is 1. The SMILES string of the molecule is CCC(CO)Nc1nc(Nc2ccc(Cl)c(N)c2)c2nnc(C(C)C)c-2n1C(C)C. The highest BCUT2D eigenvalue weighted by atomic mass is 35.5. The minimum Gasteiger partial charge on any atom is -0.397 e. The Morgan fingerprint density at radius 2 is 1.93 bits per heavy atom. The van der Waals surface area contributed by atoms with Crippen molar-refractivity contribution in [3.63, 3.8) is 0 Å². The Labute approximate surface area is 182 Å². The maximum Gasteiger partial charge on any atom is 0.205 e. The monoisotopic (exact) mass is 431 g/mol. The van der Waals surface area contributed by atoms with Gasteiger partial charge < -0.3 is 26.0 Å². The third-order valence-corrected chi connectivity index (χ3v) is 5.35. The molecule has 0 aliphatic carbocycles. The molecule has 0 amide bonds. The number of anilines is 4. The topological polar surface area (TPSA) is 114 Å². The molecule has 0 saturated carbocycles. The zero-order valence-electron chi connectivity index (χ0n) is 18.1. The Morgan fingerprint density at radius 1 is 1.20 bits per heavy atom. The van der Waals surface area contributed by atoms with Gasteiger partial charge in [0.25, 0.3) is 0 Å². The summed E-state index contributed by atoms with van der Waals surface area (Å²) in [4.78, 5) is 4.83. The van der Waals surface area contributed by atoms with Crippen molar-refractivity contribution >= 4 is 34.7 Å². The van der Waals surface area contributed by atoms with Crippen LogP contribution >= 0.6 is 11.6 Å². The summed E-state index contributed by atoms with van der Waals surface area (Å²) in [6.07, 6.45) is 0.763. The number of nitrogens with zero attached hydrogens (tertiary/aromatic N) is 4. The third kappa shape index (κ3) is 4.29. The standard InChI is InChI=1S/C21H30ClN7O/c1-6-13(10-30)25-21-26-20(24-14-7-8-15(22)16(23)9-14)18-19(29(21)12(4)5)17(11(2)3)27-28-18/h7-9,11-13,24,30H,6,10,23H2,1-5H3,(H,25,26). The molecule has 2 heterocycles. The first-order valence-corrected chi connectivity index (χ1v) is 10.6. The number of nitrogens with two attached hydrogens (primary N) is 1. The van der Waals surface area contributed by atoms with Gasteiger partial charge in [-0.1, -0.05) is 32.4 Å². The molecule has 0 radical (unpaired) electrons. The van der Waals surface area contributed by atoms with E-state index in [1.807, 2.05) is 13.0 Å². The Morgan fingerprint density at radius 3 is 2.50 bits per heavy atom. The Hall–Kier alpha value is -2.58.